The zero-order valence-corrected chi connectivity index (χ0v) is 19.3. The van der Waals surface area contributed by atoms with E-state index < -0.39 is 0 Å². The van der Waals surface area contributed by atoms with E-state index in [1.165, 1.54) is 12.0 Å². The Balaban J connectivity index is 1.49. The maximum absolute atomic E-state index is 10.2. The number of benzene rings is 1. The molecule has 2 aliphatic rings. The standard InChI is InChI=1S/C25H30N6O2/c1-3-17-6-7-22-20(13-17)21(14-26)23(25-27-16(2)30-33-25)24(29-22)31-10-8-18(9-11-31)28-19-5-4-12-32-15-19/h6-7,13,18-19,28H,3-5,8-12,15H2,1-2H3/t19-/m1/s1. The molecule has 2 aliphatic heterocycles. The van der Waals surface area contributed by atoms with Crippen LogP contribution in [0.1, 0.15) is 49.6 Å². The number of hydrogen-bond donors (Lipinski definition) is 1. The van der Waals surface area contributed by atoms with Crippen molar-refractivity contribution >= 4 is 16.7 Å². The summed E-state index contributed by atoms with van der Waals surface area (Å²) in [6.45, 7) is 7.27. The van der Waals surface area contributed by atoms with Crippen molar-refractivity contribution < 1.29 is 9.26 Å². The van der Waals surface area contributed by atoms with Crippen molar-refractivity contribution in [2.24, 2.45) is 0 Å². The van der Waals surface area contributed by atoms with Gasteiger partial charge in [0.15, 0.2) is 5.82 Å². The highest BCUT2D eigenvalue weighted by Crippen LogP contribution is 2.37. The summed E-state index contributed by atoms with van der Waals surface area (Å²) in [5.74, 6) is 1.65. The quantitative estimate of drug-likeness (QED) is 0.632. The van der Waals surface area contributed by atoms with Gasteiger partial charge in [0.2, 0.25) is 0 Å². The second kappa shape index (κ2) is 9.46. The first kappa shape index (κ1) is 21.8. The molecule has 5 rings (SSSR count). The molecule has 2 fully saturated rings. The fourth-order valence-corrected chi connectivity index (χ4v) is 4.93. The summed E-state index contributed by atoms with van der Waals surface area (Å²) in [5.41, 5.74) is 3.18. The number of hydrogen-bond acceptors (Lipinski definition) is 8. The van der Waals surface area contributed by atoms with Crippen LogP contribution >= 0.6 is 0 Å². The van der Waals surface area contributed by atoms with Crippen LogP contribution in [0.2, 0.25) is 0 Å². The monoisotopic (exact) mass is 446 g/mol. The number of ether oxygens (including phenoxy) is 1. The molecule has 1 atom stereocenters. The van der Waals surface area contributed by atoms with E-state index in [1.807, 2.05) is 6.07 Å². The third kappa shape index (κ3) is 4.43. The molecule has 8 nitrogen and oxygen atoms in total. The molecule has 0 saturated carbocycles. The van der Waals surface area contributed by atoms with Crippen molar-refractivity contribution in [1.82, 2.24) is 20.4 Å². The van der Waals surface area contributed by atoms with E-state index in [9.17, 15) is 5.26 Å². The van der Waals surface area contributed by atoms with Gasteiger partial charge in [-0.1, -0.05) is 18.1 Å². The van der Waals surface area contributed by atoms with Crippen LogP contribution in [0.3, 0.4) is 0 Å². The van der Waals surface area contributed by atoms with Crippen molar-refractivity contribution in [2.75, 3.05) is 31.2 Å². The predicted octanol–water partition coefficient (Wildman–Crippen LogP) is 3.76. The molecule has 0 radical (unpaired) electrons. The third-order valence-corrected chi connectivity index (χ3v) is 6.72. The van der Waals surface area contributed by atoms with Crippen LogP contribution in [0.25, 0.3) is 22.4 Å². The van der Waals surface area contributed by atoms with Gasteiger partial charge in [-0.3, -0.25) is 0 Å². The highest BCUT2D eigenvalue weighted by atomic mass is 16.5. The zero-order valence-electron chi connectivity index (χ0n) is 19.3. The zero-order chi connectivity index (χ0) is 22.8. The normalized spacial score (nSPS) is 19.7. The minimum absolute atomic E-state index is 0.356. The Labute approximate surface area is 193 Å². The molecule has 3 aromatic rings. The van der Waals surface area contributed by atoms with Crippen LogP contribution in [0.4, 0.5) is 5.82 Å². The fraction of sp³-hybridized carbons (Fsp3) is 0.520. The second-order valence-electron chi connectivity index (χ2n) is 8.99. The highest BCUT2D eigenvalue weighted by Gasteiger charge is 2.29. The molecule has 2 saturated heterocycles. The lowest BCUT2D eigenvalue weighted by Gasteiger charge is -2.36. The summed E-state index contributed by atoms with van der Waals surface area (Å²) in [5, 5.41) is 18.8. The summed E-state index contributed by atoms with van der Waals surface area (Å²) < 4.78 is 11.2. The van der Waals surface area contributed by atoms with Crippen LogP contribution < -0.4 is 10.2 Å². The molecule has 0 aliphatic carbocycles. The van der Waals surface area contributed by atoms with E-state index in [0.717, 1.165) is 68.7 Å². The molecule has 0 unspecified atom stereocenters. The molecule has 2 aromatic heterocycles. The molecule has 172 valence electrons. The van der Waals surface area contributed by atoms with Crippen molar-refractivity contribution in [1.29, 1.82) is 5.26 Å². The first-order chi connectivity index (χ1) is 16.2. The Bertz CT molecular complexity index is 1170. The number of piperidine rings is 1. The van der Waals surface area contributed by atoms with Gasteiger partial charge in [0.25, 0.3) is 5.89 Å². The molecule has 8 heteroatoms. The molecule has 0 bridgehead atoms. The Morgan fingerprint density at radius 3 is 2.70 bits per heavy atom. The largest absolute Gasteiger partial charge is 0.380 e. The second-order valence-corrected chi connectivity index (χ2v) is 8.99. The van der Waals surface area contributed by atoms with Crippen molar-refractivity contribution in [2.45, 2.75) is 58.0 Å². The summed E-state index contributed by atoms with van der Waals surface area (Å²) in [6.07, 6.45) is 5.22. The maximum atomic E-state index is 10.2. The van der Waals surface area contributed by atoms with E-state index in [0.29, 0.717) is 34.9 Å². The lowest BCUT2D eigenvalue weighted by Crippen LogP contribution is -2.48. The van der Waals surface area contributed by atoms with E-state index in [4.69, 9.17) is 14.2 Å². The average molecular weight is 447 g/mol. The maximum Gasteiger partial charge on any atom is 0.263 e. The van der Waals surface area contributed by atoms with Gasteiger partial charge in [0.1, 0.15) is 17.5 Å². The van der Waals surface area contributed by atoms with Gasteiger partial charge in [-0.25, -0.2) is 4.98 Å². The molecule has 0 spiro atoms. The van der Waals surface area contributed by atoms with Crippen LogP contribution in [0.15, 0.2) is 22.7 Å². The summed E-state index contributed by atoms with van der Waals surface area (Å²) >= 11 is 0. The van der Waals surface area contributed by atoms with Crippen LogP contribution in [-0.4, -0.2) is 53.5 Å². The predicted molar refractivity (Wildman–Crippen MR) is 126 cm³/mol. The Kier molecular flexibility index (Phi) is 6.25. The number of pyridine rings is 1. The third-order valence-electron chi connectivity index (χ3n) is 6.72. The SMILES string of the molecule is CCc1ccc2nc(N3CCC(N[C@@H]4CCCOC4)CC3)c(-c3nc(C)no3)c(C#N)c2c1. The van der Waals surface area contributed by atoms with Crippen LogP contribution in [-0.2, 0) is 11.2 Å². The molecule has 1 N–H and O–H groups in total. The van der Waals surface area contributed by atoms with E-state index in [-0.39, 0.29) is 0 Å². The highest BCUT2D eigenvalue weighted by molar-refractivity contribution is 5.95. The minimum Gasteiger partial charge on any atom is -0.380 e. The first-order valence-electron chi connectivity index (χ1n) is 11.9. The van der Waals surface area contributed by atoms with Crippen LogP contribution in [0, 0.1) is 18.3 Å². The fourth-order valence-electron chi connectivity index (χ4n) is 4.93. The summed E-state index contributed by atoms with van der Waals surface area (Å²) in [7, 11) is 0. The molecule has 33 heavy (non-hydrogen) atoms. The number of nitrogens with one attached hydrogen (secondary N) is 1. The molecule has 4 heterocycles. The Morgan fingerprint density at radius 1 is 1.18 bits per heavy atom. The van der Waals surface area contributed by atoms with Gasteiger partial charge >= 0.3 is 0 Å². The van der Waals surface area contributed by atoms with E-state index in [1.54, 1.807) is 6.92 Å². The summed E-state index contributed by atoms with van der Waals surface area (Å²) in [6, 6.07) is 9.48. The number of fused-ring (bicyclic) bond motifs is 1. The first-order valence-corrected chi connectivity index (χ1v) is 11.9. The van der Waals surface area contributed by atoms with Crippen molar-refractivity contribution in [3.05, 3.63) is 35.2 Å². The van der Waals surface area contributed by atoms with Crippen LogP contribution in [0.5, 0.6) is 0 Å². The number of aryl methyl sites for hydroxylation is 2. The van der Waals surface area contributed by atoms with E-state index >= 15 is 0 Å². The lowest BCUT2D eigenvalue weighted by molar-refractivity contribution is 0.0650. The molecular weight excluding hydrogens is 416 g/mol. The molecule has 1 aromatic carbocycles. The number of rotatable bonds is 5. The van der Waals surface area contributed by atoms with Crippen molar-refractivity contribution in [3.8, 4) is 17.5 Å². The smallest absolute Gasteiger partial charge is 0.263 e. The van der Waals surface area contributed by atoms with Gasteiger partial charge in [-0.15, -0.1) is 0 Å². The van der Waals surface area contributed by atoms with Gasteiger partial charge in [0.05, 0.1) is 17.7 Å². The number of nitriles is 1. The number of anilines is 1. The Morgan fingerprint density at radius 2 is 2.03 bits per heavy atom. The molecular formula is C25H30N6O2. The lowest BCUT2D eigenvalue weighted by atomic mass is 9.98. The Hall–Kier alpha value is -3.02. The van der Waals surface area contributed by atoms with Gasteiger partial charge in [-0.2, -0.15) is 10.2 Å². The van der Waals surface area contributed by atoms with E-state index in [2.05, 4.69) is 45.5 Å². The van der Waals surface area contributed by atoms with Crippen molar-refractivity contribution in [3.63, 3.8) is 0 Å². The average Bonchev–Trinajstić information content (AvgIpc) is 3.29. The summed E-state index contributed by atoms with van der Waals surface area (Å²) in [4.78, 5) is 11.7. The minimum atomic E-state index is 0.356. The van der Waals surface area contributed by atoms with Gasteiger partial charge in [0, 0.05) is 37.2 Å². The molecule has 0 amide bonds. The number of nitrogens with zero attached hydrogens (tertiary/aromatic N) is 5. The topological polar surface area (TPSA) is 100 Å². The van der Waals surface area contributed by atoms with Gasteiger partial charge in [-0.05, 0) is 56.7 Å². The van der Waals surface area contributed by atoms with Gasteiger partial charge < -0.3 is 19.5 Å². The number of aromatic nitrogens is 3.